The van der Waals surface area contributed by atoms with Crippen LogP contribution in [0.4, 0.5) is 5.69 Å². The molecular weight excluding hydrogens is 204 g/mol. The quantitative estimate of drug-likeness (QED) is 0.798. The molecule has 0 fully saturated rings. The van der Waals surface area contributed by atoms with Crippen molar-refractivity contribution in [3.63, 3.8) is 0 Å². The van der Waals surface area contributed by atoms with E-state index in [1.165, 1.54) is 0 Å². The maximum atomic E-state index is 11.3. The largest absolute Gasteiger partial charge is 0.494 e. The van der Waals surface area contributed by atoms with E-state index < -0.39 is 6.04 Å². The van der Waals surface area contributed by atoms with Gasteiger partial charge in [0.05, 0.1) is 12.6 Å². The van der Waals surface area contributed by atoms with E-state index >= 15 is 0 Å². The van der Waals surface area contributed by atoms with Crippen molar-refractivity contribution in [2.75, 3.05) is 11.9 Å². The number of rotatable bonds is 5. The second-order valence-corrected chi connectivity index (χ2v) is 3.65. The Morgan fingerprint density at radius 2 is 2.06 bits per heavy atom. The normalized spacial score (nSPS) is 11.9. The van der Waals surface area contributed by atoms with Gasteiger partial charge in [0.15, 0.2) is 0 Å². The number of benzene rings is 1. The first-order valence-electron chi connectivity index (χ1n) is 5.42. The summed E-state index contributed by atoms with van der Waals surface area (Å²) in [6.07, 6.45) is 0.975. The van der Waals surface area contributed by atoms with Gasteiger partial charge in [-0.3, -0.25) is 4.79 Å². The molecule has 0 radical (unpaired) electrons. The number of hydrogen-bond acceptors (Lipinski definition) is 3. The summed E-state index contributed by atoms with van der Waals surface area (Å²) in [6, 6.07) is 6.74. The Labute approximate surface area is 95.8 Å². The van der Waals surface area contributed by atoms with Crippen LogP contribution in [0.3, 0.4) is 0 Å². The van der Waals surface area contributed by atoms with E-state index in [1.54, 1.807) is 19.1 Å². The Balaban J connectivity index is 2.54. The molecule has 1 unspecified atom stereocenters. The second kappa shape index (κ2) is 6.12. The van der Waals surface area contributed by atoms with Gasteiger partial charge in [0.1, 0.15) is 5.75 Å². The fourth-order valence-corrected chi connectivity index (χ4v) is 1.11. The molecule has 0 aliphatic heterocycles. The molecule has 1 atom stereocenters. The number of carbonyl (C=O) groups excluding carboxylic acids is 1. The van der Waals surface area contributed by atoms with E-state index in [0.29, 0.717) is 6.61 Å². The third-order valence-corrected chi connectivity index (χ3v) is 2.01. The molecule has 88 valence electrons. The van der Waals surface area contributed by atoms with Crippen molar-refractivity contribution in [2.24, 2.45) is 5.73 Å². The molecule has 16 heavy (non-hydrogen) atoms. The first-order chi connectivity index (χ1) is 7.63. The van der Waals surface area contributed by atoms with Crippen molar-refractivity contribution in [2.45, 2.75) is 26.3 Å². The van der Waals surface area contributed by atoms with Gasteiger partial charge in [-0.15, -0.1) is 0 Å². The molecule has 4 nitrogen and oxygen atoms in total. The predicted molar refractivity (Wildman–Crippen MR) is 64.5 cm³/mol. The van der Waals surface area contributed by atoms with Gasteiger partial charge in [-0.1, -0.05) is 6.92 Å². The summed E-state index contributed by atoms with van der Waals surface area (Å²) in [4.78, 5) is 11.3. The summed E-state index contributed by atoms with van der Waals surface area (Å²) < 4.78 is 5.43. The van der Waals surface area contributed by atoms with Crippen molar-refractivity contribution in [1.82, 2.24) is 0 Å². The van der Waals surface area contributed by atoms with Gasteiger partial charge in [-0.25, -0.2) is 0 Å². The highest BCUT2D eigenvalue weighted by Crippen LogP contribution is 2.15. The van der Waals surface area contributed by atoms with Crippen molar-refractivity contribution in [1.29, 1.82) is 0 Å². The summed E-state index contributed by atoms with van der Waals surface area (Å²) in [5, 5.41) is 2.71. The number of carbonyl (C=O) groups is 1. The van der Waals surface area contributed by atoms with Crippen LogP contribution in [0.5, 0.6) is 5.75 Å². The summed E-state index contributed by atoms with van der Waals surface area (Å²) in [5.74, 6) is 0.614. The summed E-state index contributed by atoms with van der Waals surface area (Å²) in [6.45, 7) is 4.40. The van der Waals surface area contributed by atoms with E-state index in [9.17, 15) is 4.79 Å². The Morgan fingerprint density at radius 1 is 1.44 bits per heavy atom. The minimum absolute atomic E-state index is 0.192. The average Bonchev–Trinajstić information content (AvgIpc) is 2.28. The Kier molecular flexibility index (Phi) is 4.79. The number of anilines is 1. The van der Waals surface area contributed by atoms with Crippen molar-refractivity contribution < 1.29 is 9.53 Å². The predicted octanol–water partition coefficient (Wildman–Crippen LogP) is 1.76. The Hall–Kier alpha value is -1.55. The van der Waals surface area contributed by atoms with Gasteiger partial charge in [-0.05, 0) is 37.6 Å². The molecule has 0 saturated heterocycles. The van der Waals surface area contributed by atoms with E-state index in [1.807, 2.05) is 12.1 Å². The van der Waals surface area contributed by atoms with Crippen LogP contribution in [0.2, 0.25) is 0 Å². The van der Waals surface area contributed by atoms with E-state index in [4.69, 9.17) is 10.5 Å². The smallest absolute Gasteiger partial charge is 0.240 e. The Bertz CT molecular complexity index is 333. The highest BCUT2D eigenvalue weighted by Gasteiger charge is 2.06. The number of amides is 1. The minimum Gasteiger partial charge on any atom is -0.494 e. The lowest BCUT2D eigenvalue weighted by Gasteiger charge is -2.09. The van der Waals surface area contributed by atoms with Gasteiger partial charge in [0, 0.05) is 5.69 Å². The first-order valence-corrected chi connectivity index (χ1v) is 5.42. The Morgan fingerprint density at radius 3 is 2.56 bits per heavy atom. The zero-order chi connectivity index (χ0) is 12.0. The minimum atomic E-state index is -0.504. The topological polar surface area (TPSA) is 64.3 Å². The van der Waals surface area contributed by atoms with Gasteiger partial charge in [0.25, 0.3) is 0 Å². The summed E-state index contributed by atoms with van der Waals surface area (Å²) in [5.41, 5.74) is 6.17. The SMILES string of the molecule is CCCOc1ccc(NC(=O)C(C)N)cc1. The van der Waals surface area contributed by atoms with Crippen LogP contribution in [0.1, 0.15) is 20.3 Å². The van der Waals surface area contributed by atoms with E-state index in [2.05, 4.69) is 12.2 Å². The maximum absolute atomic E-state index is 11.3. The second-order valence-electron chi connectivity index (χ2n) is 3.65. The van der Waals surface area contributed by atoms with Crippen LogP contribution >= 0.6 is 0 Å². The monoisotopic (exact) mass is 222 g/mol. The maximum Gasteiger partial charge on any atom is 0.240 e. The van der Waals surface area contributed by atoms with Crippen LogP contribution in [-0.4, -0.2) is 18.6 Å². The highest BCUT2D eigenvalue weighted by molar-refractivity contribution is 5.94. The molecule has 1 amide bonds. The van der Waals surface area contributed by atoms with Gasteiger partial charge in [-0.2, -0.15) is 0 Å². The number of ether oxygens (including phenoxy) is 1. The molecule has 0 heterocycles. The molecule has 0 aliphatic rings. The molecule has 0 aromatic heterocycles. The first kappa shape index (κ1) is 12.5. The van der Waals surface area contributed by atoms with Crippen molar-refractivity contribution in [3.8, 4) is 5.75 Å². The average molecular weight is 222 g/mol. The van der Waals surface area contributed by atoms with Crippen LogP contribution in [0, 0.1) is 0 Å². The molecule has 0 aliphatic carbocycles. The molecule has 1 rings (SSSR count). The van der Waals surface area contributed by atoms with Crippen molar-refractivity contribution >= 4 is 11.6 Å². The third kappa shape index (κ3) is 3.90. The van der Waals surface area contributed by atoms with Crippen LogP contribution in [0.25, 0.3) is 0 Å². The number of nitrogens with one attached hydrogen (secondary N) is 1. The van der Waals surface area contributed by atoms with Crippen LogP contribution < -0.4 is 15.8 Å². The molecule has 0 saturated carbocycles. The fraction of sp³-hybridized carbons (Fsp3) is 0.417. The van der Waals surface area contributed by atoms with E-state index in [-0.39, 0.29) is 5.91 Å². The molecule has 1 aromatic carbocycles. The molecule has 1 aromatic rings. The van der Waals surface area contributed by atoms with Crippen LogP contribution in [-0.2, 0) is 4.79 Å². The lowest BCUT2D eigenvalue weighted by atomic mass is 10.2. The number of nitrogens with two attached hydrogens (primary N) is 1. The third-order valence-electron chi connectivity index (χ3n) is 2.01. The van der Waals surface area contributed by atoms with E-state index in [0.717, 1.165) is 17.9 Å². The lowest BCUT2D eigenvalue weighted by molar-refractivity contribution is -0.117. The molecular formula is C12H18N2O2. The fourth-order valence-electron chi connectivity index (χ4n) is 1.11. The molecule has 0 spiro atoms. The lowest BCUT2D eigenvalue weighted by Crippen LogP contribution is -2.32. The van der Waals surface area contributed by atoms with Crippen molar-refractivity contribution in [3.05, 3.63) is 24.3 Å². The molecule has 0 bridgehead atoms. The summed E-state index contributed by atoms with van der Waals surface area (Å²) >= 11 is 0. The van der Waals surface area contributed by atoms with Gasteiger partial charge < -0.3 is 15.8 Å². The highest BCUT2D eigenvalue weighted by atomic mass is 16.5. The standard InChI is InChI=1S/C12H18N2O2/c1-3-8-16-11-6-4-10(5-7-11)14-12(15)9(2)13/h4-7,9H,3,8,13H2,1-2H3,(H,14,15). The van der Waals surface area contributed by atoms with Gasteiger partial charge >= 0.3 is 0 Å². The molecule has 3 N–H and O–H groups in total. The van der Waals surface area contributed by atoms with Gasteiger partial charge in [0.2, 0.25) is 5.91 Å². The zero-order valence-electron chi connectivity index (χ0n) is 9.69. The number of hydrogen-bond donors (Lipinski definition) is 2. The van der Waals surface area contributed by atoms with Crippen LogP contribution in [0.15, 0.2) is 24.3 Å². The zero-order valence-corrected chi connectivity index (χ0v) is 9.69. The molecule has 4 heteroatoms. The summed E-state index contributed by atoms with van der Waals surface area (Å²) in [7, 11) is 0.